The summed E-state index contributed by atoms with van der Waals surface area (Å²) in [5.41, 5.74) is 0.523. The number of nitrogens with one attached hydrogen (secondary N) is 1. The minimum absolute atomic E-state index is 0.0149. The van der Waals surface area contributed by atoms with E-state index in [1.54, 1.807) is 25.1 Å². The lowest BCUT2D eigenvalue weighted by Crippen LogP contribution is -2.36. The maximum absolute atomic E-state index is 12.5. The van der Waals surface area contributed by atoms with Gasteiger partial charge in [0.1, 0.15) is 0 Å². The summed E-state index contributed by atoms with van der Waals surface area (Å²) in [4.78, 5) is 28.5. The first-order chi connectivity index (χ1) is 11.5. The van der Waals surface area contributed by atoms with Gasteiger partial charge in [0.25, 0.3) is 5.91 Å². The highest BCUT2D eigenvalue weighted by Gasteiger charge is 2.42. The molecular weight excluding hydrogens is 308 g/mol. The summed E-state index contributed by atoms with van der Waals surface area (Å²) in [5.74, 6) is 0.130. The molecule has 6 heteroatoms. The standard InChI is InChI=1S/C18H20N2O4/c1-11-19-15-8-12(4-5-14(15)17(22)24-11)16(21)20-13-9-18(23-10-13)6-2-3-7-18/h4-5,8,13H,2-3,6-7,9-10H2,1H3,(H,20,21)/t13-/m1/s1. The van der Waals surface area contributed by atoms with Crippen molar-refractivity contribution in [3.05, 3.63) is 40.1 Å². The van der Waals surface area contributed by atoms with Crippen LogP contribution in [0.2, 0.25) is 0 Å². The van der Waals surface area contributed by atoms with E-state index in [-0.39, 0.29) is 23.4 Å². The lowest BCUT2D eigenvalue weighted by molar-refractivity contribution is 0.00988. The summed E-state index contributed by atoms with van der Waals surface area (Å²) in [6, 6.07) is 4.90. The van der Waals surface area contributed by atoms with Crippen LogP contribution in [0.15, 0.2) is 27.4 Å². The summed E-state index contributed by atoms with van der Waals surface area (Å²) in [7, 11) is 0. The molecule has 2 fully saturated rings. The van der Waals surface area contributed by atoms with Crippen molar-refractivity contribution in [3.8, 4) is 0 Å². The summed E-state index contributed by atoms with van der Waals surface area (Å²) in [6.07, 6.45) is 5.48. The molecule has 0 radical (unpaired) electrons. The predicted octanol–water partition coefficient (Wildman–Crippen LogP) is 2.33. The third kappa shape index (κ3) is 2.71. The van der Waals surface area contributed by atoms with Gasteiger partial charge in [-0.2, -0.15) is 0 Å². The second kappa shape index (κ2) is 5.70. The molecule has 1 aliphatic heterocycles. The molecule has 2 aliphatic rings. The Labute approximate surface area is 139 Å². The fourth-order valence-electron chi connectivity index (χ4n) is 3.89. The van der Waals surface area contributed by atoms with Gasteiger partial charge in [-0.3, -0.25) is 4.79 Å². The molecule has 0 unspecified atom stereocenters. The average molecular weight is 328 g/mol. The minimum atomic E-state index is -0.433. The zero-order valence-electron chi connectivity index (χ0n) is 13.6. The number of aryl methyl sites for hydroxylation is 1. The molecule has 1 aromatic carbocycles. The Morgan fingerprint density at radius 3 is 2.92 bits per heavy atom. The predicted molar refractivity (Wildman–Crippen MR) is 88.0 cm³/mol. The van der Waals surface area contributed by atoms with Gasteiger partial charge in [0.05, 0.1) is 29.2 Å². The van der Waals surface area contributed by atoms with Crippen molar-refractivity contribution >= 4 is 16.8 Å². The second-order valence-electron chi connectivity index (χ2n) is 6.83. The summed E-state index contributed by atoms with van der Waals surface area (Å²) >= 11 is 0. The largest absolute Gasteiger partial charge is 0.408 e. The number of nitrogens with zero attached hydrogens (tertiary/aromatic N) is 1. The number of aromatic nitrogens is 1. The number of benzene rings is 1. The SMILES string of the molecule is Cc1nc2cc(C(=O)N[C@H]3COC4(CCCC4)C3)ccc2c(=O)o1. The van der Waals surface area contributed by atoms with E-state index in [0.29, 0.717) is 23.1 Å². The van der Waals surface area contributed by atoms with Crippen molar-refractivity contribution in [3.63, 3.8) is 0 Å². The monoisotopic (exact) mass is 328 g/mol. The van der Waals surface area contributed by atoms with Gasteiger partial charge in [0, 0.05) is 12.5 Å². The van der Waals surface area contributed by atoms with E-state index in [4.69, 9.17) is 9.15 Å². The maximum Gasteiger partial charge on any atom is 0.346 e. The summed E-state index contributed by atoms with van der Waals surface area (Å²) in [5, 5.41) is 3.43. The van der Waals surface area contributed by atoms with Crippen molar-refractivity contribution in [1.82, 2.24) is 10.3 Å². The first-order valence-corrected chi connectivity index (χ1v) is 8.41. The quantitative estimate of drug-likeness (QED) is 0.915. The minimum Gasteiger partial charge on any atom is -0.408 e. The van der Waals surface area contributed by atoms with Gasteiger partial charge < -0.3 is 14.5 Å². The van der Waals surface area contributed by atoms with E-state index in [1.165, 1.54) is 12.8 Å². The molecule has 2 heterocycles. The highest BCUT2D eigenvalue weighted by atomic mass is 16.5. The van der Waals surface area contributed by atoms with Crippen molar-refractivity contribution in [2.24, 2.45) is 0 Å². The zero-order chi connectivity index (χ0) is 16.7. The van der Waals surface area contributed by atoms with Crippen LogP contribution in [-0.2, 0) is 4.74 Å². The first-order valence-electron chi connectivity index (χ1n) is 8.41. The summed E-state index contributed by atoms with van der Waals surface area (Å²) < 4.78 is 10.9. The highest BCUT2D eigenvalue weighted by molar-refractivity contribution is 5.97. The Hall–Kier alpha value is -2.21. The molecule has 2 aromatic rings. The van der Waals surface area contributed by atoms with Crippen molar-refractivity contribution in [2.75, 3.05) is 6.61 Å². The van der Waals surface area contributed by atoms with Gasteiger partial charge in [-0.1, -0.05) is 12.8 Å². The van der Waals surface area contributed by atoms with Crippen LogP contribution in [0.4, 0.5) is 0 Å². The van der Waals surface area contributed by atoms with Gasteiger partial charge >= 0.3 is 5.63 Å². The van der Waals surface area contributed by atoms with Crippen LogP contribution in [0.5, 0.6) is 0 Å². The van der Waals surface area contributed by atoms with Crippen molar-refractivity contribution < 1.29 is 13.9 Å². The van der Waals surface area contributed by atoms with Gasteiger partial charge in [0.2, 0.25) is 0 Å². The molecule has 6 nitrogen and oxygen atoms in total. The van der Waals surface area contributed by atoms with E-state index in [0.717, 1.165) is 19.3 Å². The van der Waals surface area contributed by atoms with E-state index < -0.39 is 5.63 Å². The molecule has 126 valence electrons. The molecule has 1 aromatic heterocycles. The molecular formula is C18H20N2O4. The van der Waals surface area contributed by atoms with Crippen LogP contribution in [0.1, 0.15) is 48.4 Å². The van der Waals surface area contributed by atoms with Gasteiger partial charge in [-0.15, -0.1) is 0 Å². The molecule has 1 atom stereocenters. The number of hydrogen-bond acceptors (Lipinski definition) is 5. The molecule has 1 saturated carbocycles. The zero-order valence-corrected chi connectivity index (χ0v) is 13.6. The maximum atomic E-state index is 12.5. The molecule has 1 aliphatic carbocycles. The average Bonchev–Trinajstić information content (AvgIpc) is 3.16. The first kappa shape index (κ1) is 15.3. The van der Waals surface area contributed by atoms with Crippen LogP contribution >= 0.6 is 0 Å². The Morgan fingerprint density at radius 2 is 2.12 bits per heavy atom. The van der Waals surface area contributed by atoms with Crippen LogP contribution in [0, 0.1) is 6.92 Å². The Balaban J connectivity index is 1.52. The normalized spacial score (nSPS) is 22.3. The van der Waals surface area contributed by atoms with Gasteiger partial charge in [-0.05, 0) is 37.5 Å². The van der Waals surface area contributed by atoms with Crippen molar-refractivity contribution in [2.45, 2.75) is 50.7 Å². The smallest absolute Gasteiger partial charge is 0.346 e. The molecule has 4 rings (SSSR count). The molecule has 24 heavy (non-hydrogen) atoms. The number of rotatable bonds is 2. The third-order valence-electron chi connectivity index (χ3n) is 5.06. The van der Waals surface area contributed by atoms with E-state index in [1.807, 2.05) is 0 Å². The lowest BCUT2D eigenvalue weighted by Gasteiger charge is -2.21. The Morgan fingerprint density at radius 1 is 1.33 bits per heavy atom. The molecule has 0 bridgehead atoms. The number of carbonyl (C=O) groups excluding carboxylic acids is 1. The third-order valence-corrected chi connectivity index (χ3v) is 5.06. The Kier molecular flexibility index (Phi) is 3.64. The fraction of sp³-hybridized carbons (Fsp3) is 0.500. The number of carbonyl (C=O) groups is 1. The number of fused-ring (bicyclic) bond motifs is 1. The Bertz CT molecular complexity index is 852. The van der Waals surface area contributed by atoms with Crippen LogP contribution in [0.25, 0.3) is 10.9 Å². The topological polar surface area (TPSA) is 81.4 Å². The van der Waals surface area contributed by atoms with E-state index >= 15 is 0 Å². The number of ether oxygens (including phenoxy) is 1. The molecule has 1 spiro atoms. The summed E-state index contributed by atoms with van der Waals surface area (Å²) in [6.45, 7) is 2.19. The van der Waals surface area contributed by atoms with E-state index in [9.17, 15) is 9.59 Å². The highest BCUT2D eigenvalue weighted by Crippen LogP contribution is 2.40. The van der Waals surface area contributed by atoms with E-state index in [2.05, 4.69) is 10.3 Å². The second-order valence-corrected chi connectivity index (χ2v) is 6.83. The molecule has 1 N–H and O–H groups in total. The van der Waals surface area contributed by atoms with Crippen LogP contribution in [-0.4, -0.2) is 29.1 Å². The molecule has 1 saturated heterocycles. The van der Waals surface area contributed by atoms with Crippen LogP contribution < -0.4 is 10.9 Å². The van der Waals surface area contributed by atoms with Gasteiger partial charge in [0.15, 0.2) is 5.89 Å². The number of amides is 1. The number of hydrogen-bond donors (Lipinski definition) is 1. The molecule has 1 amide bonds. The van der Waals surface area contributed by atoms with Crippen molar-refractivity contribution in [1.29, 1.82) is 0 Å². The van der Waals surface area contributed by atoms with Gasteiger partial charge in [-0.25, -0.2) is 9.78 Å². The van der Waals surface area contributed by atoms with Crippen LogP contribution in [0.3, 0.4) is 0 Å². The lowest BCUT2D eigenvalue weighted by atomic mass is 9.96. The fourth-order valence-corrected chi connectivity index (χ4v) is 3.89.